The molecule has 0 bridgehead atoms. The van der Waals surface area contributed by atoms with Crippen molar-refractivity contribution in [2.24, 2.45) is 0 Å². The quantitative estimate of drug-likeness (QED) is 0.725. The number of aromatic nitrogens is 2. The molecule has 0 spiro atoms. The largest absolute Gasteiger partial charge is 0.368 e. The molecule has 3 aromatic rings. The van der Waals surface area contributed by atoms with Crippen LogP contribution in [0.5, 0.6) is 0 Å². The van der Waals surface area contributed by atoms with E-state index in [0.29, 0.717) is 30.8 Å². The average Bonchev–Trinajstić information content (AvgIpc) is 3.17. The molecule has 7 heteroatoms. The molecular formula is C22H25N5O2. The maximum atomic E-state index is 13.2. The van der Waals surface area contributed by atoms with Crippen molar-refractivity contribution in [2.75, 3.05) is 37.6 Å². The highest BCUT2D eigenvalue weighted by Crippen LogP contribution is 2.19. The summed E-state index contributed by atoms with van der Waals surface area (Å²) in [4.78, 5) is 34.2. The number of carbonyl (C=O) groups excluding carboxylic acids is 2. The summed E-state index contributed by atoms with van der Waals surface area (Å²) in [7, 11) is 0. The molecule has 1 saturated heterocycles. The Bertz CT molecular complexity index is 1010. The highest BCUT2D eigenvalue weighted by Gasteiger charge is 2.27. The lowest BCUT2D eigenvalue weighted by molar-refractivity contribution is 0.0743. The standard InChI is InChI=1S/C22H25N5O2/c1-2-11-23-21(28)20-24-19(18-10-6-7-12-27(18)20)22(29)26-15-13-25(14-16-26)17-8-4-3-5-9-17/h3-10,12H,2,11,13-16H2,1H3,(H,23,28). The Morgan fingerprint density at radius 1 is 1.00 bits per heavy atom. The van der Waals surface area contributed by atoms with Crippen LogP contribution in [0.2, 0.25) is 0 Å². The molecule has 1 fully saturated rings. The third kappa shape index (κ3) is 3.81. The van der Waals surface area contributed by atoms with Crippen LogP contribution in [0.4, 0.5) is 5.69 Å². The van der Waals surface area contributed by atoms with Crippen LogP contribution >= 0.6 is 0 Å². The van der Waals surface area contributed by atoms with Gasteiger partial charge in [-0.15, -0.1) is 0 Å². The Morgan fingerprint density at radius 2 is 1.72 bits per heavy atom. The Labute approximate surface area is 169 Å². The van der Waals surface area contributed by atoms with E-state index in [1.54, 1.807) is 10.6 Å². The number of hydrogen-bond acceptors (Lipinski definition) is 4. The van der Waals surface area contributed by atoms with E-state index in [1.165, 1.54) is 5.69 Å². The average molecular weight is 391 g/mol. The third-order valence-electron chi connectivity index (χ3n) is 5.18. The van der Waals surface area contributed by atoms with Crippen molar-refractivity contribution in [2.45, 2.75) is 13.3 Å². The first-order valence-corrected chi connectivity index (χ1v) is 10.0. The van der Waals surface area contributed by atoms with Gasteiger partial charge in [-0.3, -0.25) is 14.0 Å². The van der Waals surface area contributed by atoms with E-state index < -0.39 is 0 Å². The molecular weight excluding hydrogens is 366 g/mol. The Morgan fingerprint density at radius 3 is 2.45 bits per heavy atom. The van der Waals surface area contributed by atoms with Gasteiger partial charge >= 0.3 is 0 Å². The minimum atomic E-state index is -0.263. The lowest BCUT2D eigenvalue weighted by atomic mass is 10.2. The zero-order valence-electron chi connectivity index (χ0n) is 16.5. The summed E-state index contributed by atoms with van der Waals surface area (Å²) in [6, 6.07) is 15.7. The molecule has 0 radical (unpaired) electrons. The smallest absolute Gasteiger partial charge is 0.287 e. The number of nitrogens with one attached hydrogen (secondary N) is 1. The van der Waals surface area contributed by atoms with Gasteiger partial charge in [-0.1, -0.05) is 31.2 Å². The van der Waals surface area contributed by atoms with Crippen LogP contribution in [0.15, 0.2) is 54.7 Å². The summed E-state index contributed by atoms with van der Waals surface area (Å²) in [5, 5.41) is 2.84. The van der Waals surface area contributed by atoms with Crippen molar-refractivity contribution in [1.29, 1.82) is 0 Å². The van der Waals surface area contributed by atoms with Gasteiger partial charge < -0.3 is 15.1 Å². The summed E-state index contributed by atoms with van der Waals surface area (Å²) >= 11 is 0. The summed E-state index contributed by atoms with van der Waals surface area (Å²) in [6.45, 7) is 5.35. The zero-order chi connectivity index (χ0) is 20.2. The van der Waals surface area contributed by atoms with Crippen molar-refractivity contribution in [1.82, 2.24) is 19.6 Å². The molecule has 150 valence electrons. The van der Waals surface area contributed by atoms with Crippen molar-refractivity contribution < 1.29 is 9.59 Å². The second-order valence-corrected chi connectivity index (χ2v) is 7.11. The van der Waals surface area contributed by atoms with Crippen molar-refractivity contribution in [3.8, 4) is 0 Å². The number of piperazine rings is 1. The molecule has 2 aromatic heterocycles. The summed E-state index contributed by atoms with van der Waals surface area (Å²) in [5.41, 5.74) is 2.16. The molecule has 0 unspecified atom stereocenters. The number of imidazole rings is 1. The fraction of sp³-hybridized carbons (Fsp3) is 0.318. The topological polar surface area (TPSA) is 70.0 Å². The number of rotatable bonds is 5. The van der Waals surface area contributed by atoms with Gasteiger partial charge in [0, 0.05) is 44.6 Å². The van der Waals surface area contributed by atoms with Crippen molar-refractivity contribution in [3.63, 3.8) is 0 Å². The first-order chi connectivity index (χ1) is 14.2. The van der Waals surface area contributed by atoms with Crippen LogP contribution in [-0.4, -0.2) is 58.8 Å². The van der Waals surface area contributed by atoms with Crippen LogP contribution in [-0.2, 0) is 0 Å². The lowest BCUT2D eigenvalue weighted by Crippen LogP contribution is -2.49. The van der Waals surface area contributed by atoms with Crippen molar-refractivity contribution in [3.05, 3.63) is 66.2 Å². The number of pyridine rings is 1. The summed E-state index contributed by atoms with van der Waals surface area (Å²) in [5.74, 6) is -0.141. The van der Waals surface area contributed by atoms with Crippen LogP contribution in [0.1, 0.15) is 34.5 Å². The predicted molar refractivity (Wildman–Crippen MR) is 112 cm³/mol. The van der Waals surface area contributed by atoms with Gasteiger partial charge in [0.2, 0.25) is 5.82 Å². The molecule has 7 nitrogen and oxygen atoms in total. The van der Waals surface area contributed by atoms with Gasteiger partial charge in [-0.25, -0.2) is 4.98 Å². The summed E-state index contributed by atoms with van der Waals surface area (Å²) in [6.07, 6.45) is 2.61. The van der Waals surface area contributed by atoms with Crippen LogP contribution in [0, 0.1) is 0 Å². The molecule has 2 amide bonds. The number of hydrogen-bond donors (Lipinski definition) is 1. The highest BCUT2D eigenvalue weighted by atomic mass is 16.2. The molecule has 1 aromatic carbocycles. The number of benzene rings is 1. The number of nitrogens with zero attached hydrogens (tertiary/aromatic N) is 4. The van der Waals surface area contributed by atoms with E-state index in [9.17, 15) is 9.59 Å². The van der Waals surface area contributed by atoms with E-state index in [4.69, 9.17) is 0 Å². The second-order valence-electron chi connectivity index (χ2n) is 7.11. The Kier molecular flexibility index (Phi) is 5.46. The fourth-order valence-electron chi connectivity index (χ4n) is 3.63. The second kappa shape index (κ2) is 8.34. The molecule has 29 heavy (non-hydrogen) atoms. The Balaban J connectivity index is 1.54. The number of carbonyl (C=O) groups is 2. The molecule has 3 heterocycles. The maximum Gasteiger partial charge on any atom is 0.287 e. The summed E-state index contributed by atoms with van der Waals surface area (Å²) < 4.78 is 1.69. The van der Waals surface area contributed by atoms with E-state index in [-0.39, 0.29) is 17.6 Å². The molecule has 0 aliphatic carbocycles. The predicted octanol–water partition coefficient (Wildman–Crippen LogP) is 2.44. The maximum absolute atomic E-state index is 13.2. The van der Waals surface area contributed by atoms with E-state index >= 15 is 0 Å². The lowest BCUT2D eigenvalue weighted by Gasteiger charge is -2.35. The van der Waals surface area contributed by atoms with Crippen LogP contribution in [0.25, 0.3) is 5.52 Å². The van der Waals surface area contributed by atoms with Gasteiger partial charge in [0.05, 0.1) is 5.52 Å². The first-order valence-electron chi connectivity index (χ1n) is 10.0. The van der Waals surface area contributed by atoms with Gasteiger partial charge in [0.15, 0.2) is 5.69 Å². The molecule has 0 atom stereocenters. The number of anilines is 1. The molecule has 0 saturated carbocycles. The molecule has 1 N–H and O–H groups in total. The monoisotopic (exact) mass is 391 g/mol. The molecule has 1 aliphatic rings. The van der Waals surface area contributed by atoms with Gasteiger partial charge in [-0.2, -0.15) is 0 Å². The third-order valence-corrected chi connectivity index (χ3v) is 5.18. The van der Waals surface area contributed by atoms with Gasteiger partial charge in [0.25, 0.3) is 11.8 Å². The molecule has 4 rings (SSSR count). The minimum absolute atomic E-state index is 0.129. The van der Waals surface area contributed by atoms with Crippen molar-refractivity contribution >= 4 is 23.0 Å². The number of fused-ring (bicyclic) bond motifs is 1. The van der Waals surface area contributed by atoms with E-state index in [2.05, 4.69) is 27.3 Å². The normalized spacial score (nSPS) is 14.2. The zero-order valence-corrected chi connectivity index (χ0v) is 16.5. The number of para-hydroxylation sites is 1. The SMILES string of the molecule is CCCNC(=O)c1nc(C(=O)N2CCN(c3ccccc3)CC2)c2ccccn12. The van der Waals surface area contributed by atoms with E-state index in [0.717, 1.165) is 19.5 Å². The fourth-order valence-corrected chi connectivity index (χ4v) is 3.63. The minimum Gasteiger partial charge on any atom is -0.368 e. The van der Waals surface area contributed by atoms with Gasteiger partial charge in [0.1, 0.15) is 0 Å². The molecule has 1 aliphatic heterocycles. The highest BCUT2D eigenvalue weighted by molar-refractivity contribution is 6.02. The Hall–Kier alpha value is -3.35. The van der Waals surface area contributed by atoms with Crippen LogP contribution < -0.4 is 10.2 Å². The first kappa shape index (κ1) is 19.0. The van der Waals surface area contributed by atoms with Gasteiger partial charge in [-0.05, 0) is 30.7 Å². The van der Waals surface area contributed by atoms with Crippen LogP contribution in [0.3, 0.4) is 0 Å². The number of amides is 2. The van der Waals surface area contributed by atoms with E-state index in [1.807, 2.05) is 48.2 Å².